The highest BCUT2D eigenvalue weighted by Crippen LogP contribution is 2.27. The van der Waals surface area contributed by atoms with Gasteiger partial charge in [0.2, 0.25) is 0 Å². The Bertz CT molecular complexity index is 2490. The fourth-order valence-electron chi connectivity index (χ4n) is 5.96. The number of nitrogens with zero attached hydrogens (tertiary/aromatic N) is 4. The van der Waals surface area contributed by atoms with Crippen LogP contribution in [0, 0.1) is 0 Å². The van der Waals surface area contributed by atoms with Crippen molar-refractivity contribution in [1.29, 1.82) is 0 Å². The van der Waals surface area contributed by atoms with Crippen molar-refractivity contribution < 1.29 is 43.8 Å². The lowest BCUT2D eigenvalue weighted by molar-refractivity contribution is 0.370. The molecule has 4 aromatic carbocycles. The van der Waals surface area contributed by atoms with Gasteiger partial charge in [-0.15, -0.1) is 0 Å². The van der Waals surface area contributed by atoms with Crippen molar-refractivity contribution in [2.24, 2.45) is 0 Å². The Hall–Kier alpha value is -5.82. The van der Waals surface area contributed by atoms with E-state index in [1.165, 1.54) is 71.9 Å². The van der Waals surface area contributed by atoms with E-state index in [2.05, 4.69) is 8.37 Å². The zero-order valence-electron chi connectivity index (χ0n) is 28.8. The summed E-state index contributed by atoms with van der Waals surface area (Å²) >= 11 is 0. The number of methoxy groups -OCH3 is 2. The Morgan fingerprint density at radius 1 is 0.537 bits per heavy atom. The van der Waals surface area contributed by atoms with Crippen molar-refractivity contribution in [3.05, 3.63) is 106 Å². The molecule has 0 aliphatic heterocycles. The Balaban J connectivity index is 1.23. The molecule has 282 valence electrons. The van der Waals surface area contributed by atoms with Crippen LogP contribution in [0.25, 0.3) is 44.6 Å². The highest BCUT2D eigenvalue weighted by atomic mass is 32.3. The molecular weight excluding hydrogens is 745 g/mol. The summed E-state index contributed by atoms with van der Waals surface area (Å²) in [5.41, 5.74) is 1.21. The molecule has 54 heavy (non-hydrogen) atoms. The van der Waals surface area contributed by atoms with Gasteiger partial charge >= 0.3 is 0 Å². The molecule has 0 fully saturated rings. The Morgan fingerprint density at radius 2 is 0.889 bits per heavy atom. The SMILES string of the molecule is COc1ccc2nc(-c3ccc(OS(=O)(=O)[O-])cc3)n(CCCCCCn3c(-c4ccc(OS(=O)(=O)[O-])cc4)nc4ccc(OC)cc4c3=O)c(=O)c2c1. The van der Waals surface area contributed by atoms with E-state index in [1.807, 2.05) is 0 Å². The van der Waals surface area contributed by atoms with Gasteiger partial charge in [0, 0.05) is 24.2 Å². The number of aromatic nitrogens is 4. The number of rotatable bonds is 15. The normalized spacial score (nSPS) is 11.9. The van der Waals surface area contributed by atoms with Gasteiger partial charge in [0.25, 0.3) is 31.9 Å². The lowest BCUT2D eigenvalue weighted by atomic mass is 10.1. The van der Waals surface area contributed by atoms with Gasteiger partial charge in [-0.1, -0.05) is 12.8 Å². The summed E-state index contributed by atoms with van der Waals surface area (Å²) in [6, 6.07) is 21.1. The summed E-state index contributed by atoms with van der Waals surface area (Å²) in [5.74, 6) is 1.25. The van der Waals surface area contributed by atoms with Crippen molar-refractivity contribution in [2.75, 3.05) is 14.2 Å². The average molecular weight is 777 g/mol. The number of hydrogen-bond donors (Lipinski definition) is 0. The molecule has 2 aromatic heterocycles. The summed E-state index contributed by atoms with van der Waals surface area (Å²) in [7, 11) is -6.97. The zero-order valence-corrected chi connectivity index (χ0v) is 30.5. The Kier molecular flexibility index (Phi) is 11.0. The maximum Gasteiger partial charge on any atom is 0.262 e. The van der Waals surface area contributed by atoms with E-state index in [9.17, 15) is 35.5 Å². The third kappa shape index (κ3) is 8.85. The minimum atomic E-state index is -4.97. The van der Waals surface area contributed by atoms with Crippen molar-refractivity contribution in [3.63, 3.8) is 0 Å². The van der Waals surface area contributed by atoms with Crippen LogP contribution < -0.4 is 29.0 Å². The van der Waals surface area contributed by atoms with Crippen LogP contribution in [0.5, 0.6) is 23.0 Å². The van der Waals surface area contributed by atoms with Crippen LogP contribution in [0.2, 0.25) is 0 Å². The molecule has 0 radical (unpaired) electrons. The van der Waals surface area contributed by atoms with Crippen LogP contribution in [0.4, 0.5) is 0 Å². The molecule has 0 N–H and O–H groups in total. The predicted octanol–water partition coefficient (Wildman–Crippen LogP) is 4.40. The number of unbranched alkanes of at least 4 members (excludes halogenated alkanes) is 3. The van der Waals surface area contributed by atoms with Crippen molar-refractivity contribution in [2.45, 2.75) is 38.8 Å². The van der Waals surface area contributed by atoms with Gasteiger partial charge in [0.15, 0.2) is 0 Å². The summed E-state index contributed by atoms with van der Waals surface area (Å²) in [6.45, 7) is 0.551. The fourth-order valence-corrected chi connectivity index (χ4v) is 6.65. The monoisotopic (exact) mass is 776 g/mol. The van der Waals surface area contributed by atoms with Gasteiger partial charge in [-0.05, 0) is 97.8 Å². The van der Waals surface area contributed by atoms with Gasteiger partial charge in [-0.2, -0.15) is 0 Å². The topological polar surface area (TPSA) is 221 Å². The summed E-state index contributed by atoms with van der Waals surface area (Å²) in [5, 5.41) is 0.689. The number of hydrogen-bond acceptors (Lipinski definition) is 14. The Morgan fingerprint density at radius 3 is 1.22 bits per heavy atom. The first-order valence-corrected chi connectivity index (χ1v) is 19.1. The molecule has 0 aliphatic rings. The minimum absolute atomic E-state index is 0.183. The number of fused-ring (bicyclic) bond motifs is 2. The minimum Gasteiger partial charge on any atom is -0.716 e. The van der Waals surface area contributed by atoms with Crippen LogP contribution in [0.1, 0.15) is 25.7 Å². The molecule has 16 nitrogen and oxygen atoms in total. The van der Waals surface area contributed by atoms with Crippen LogP contribution >= 0.6 is 0 Å². The average Bonchev–Trinajstić information content (AvgIpc) is 3.13. The maximum atomic E-state index is 13.8. The van der Waals surface area contributed by atoms with E-state index in [0.717, 1.165) is 0 Å². The van der Waals surface area contributed by atoms with Gasteiger partial charge < -0.3 is 26.9 Å². The molecule has 0 aliphatic carbocycles. The lowest BCUT2D eigenvalue weighted by Crippen LogP contribution is -2.24. The van der Waals surface area contributed by atoms with E-state index in [-0.39, 0.29) is 35.7 Å². The molecule has 6 rings (SSSR count). The van der Waals surface area contributed by atoms with Gasteiger partial charge in [-0.25, -0.2) is 26.8 Å². The van der Waals surface area contributed by atoms with E-state index >= 15 is 0 Å². The number of benzene rings is 4. The molecule has 0 spiro atoms. The quantitative estimate of drug-likeness (QED) is 0.0802. The van der Waals surface area contributed by atoms with E-state index in [0.29, 0.717) is 81.8 Å². The van der Waals surface area contributed by atoms with Gasteiger partial charge in [-0.3, -0.25) is 18.7 Å². The molecule has 0 saturated carbocycles. The second kappa shape index (κ2) is 15.7. The lowest BCUT2D eigenvalue weighted by Gasteiger charge is -2.16. The molecule has 0 atom stereocenters. The first kappa shape index (κ1) is 37.9. The second-order valence-electron chi connectivity index (χ2n) is 12.0. The molecule has 0 saturated heterocycles. The third-order valence-electron chi connectivity index (χ3n) is 8.46. The van der Waals surface area contributed by atoms with Crippen LogP contribution in [-0.4, -0.2) is 59.3 Å². The van der Waals surface area contributed by atoms with Crippen LogP contribution in [0.15, 0.2) is 94.5 Å². The zero-order chi connectivity index (χ0) is 38.6. The molecule has 18 heteroatoms. The van der Waals surface area contributed by atoms with Crippen LogP contribution in [-0.2, 0) is 33.9 Å². The smallest absolute Gasteiger partial charge is 0.262 e. The summed E-state index contributed by atoms with van der Waals surface area (Å²) in [4.78, 5) is 37.1. The summed E-state index contributed by atoms with van der Waals surface area (Å²) < 4.78 is 88.8. The fraction of sp³-hybridized carbons (Fsp3) is 0.222. The Labute approximate surface area is 309 Å². The third-order valence-corrected chi connectivity index (χ3v) is 9.25. The molecular formula is C36H32N4O12S2-2. The highest BCUT2D eigenvalue weighted by Gasteiger charge is 2.16. The van der Waals surface area contributed by atoms with Crippen molar-refractivity contribution >= 4 is 42.6 Å². The molecule has 6 aromatic rings. The molecule has 0 unspecified atom stereocenters. The molecule has 2 heterocycles. The van der Waals surface area contributed by atoms with E-state index < -0.39 is 20.8 Å². The summed E-state index contributed by atoms with van der Waals surface area (Å²) in [6.07, 6.45) is 2.42. The van der Waals surface area contributed by atoms with E-state index in [4.69, 9.17) is 19.4 Å². The van der Waals surface area contributed by atoms with Crippen molar-refractivity contribution in [3.8, 4) is 45.8 Å². The first-order valence-electron chi connectivity index (χ1n) is 16.4. The van der Waals surface area contributed by atoms with E-state index in [1.54, 1.807) is 36.4 Å². The molecule has 0 amide bonds. The van der Waals surface area contributed by atoms with Gasteiger partial charge in [0.05, 0.1) is 36.0 Å². The maximum absolute atomic E-state index is 13.8. The first-order chi connectivity index (χ1) is 25.7. The highest BCUT2D eigenvalue weighted by molar-refractivity contribution is 7.81. The predicted molar refractivity (Wildman–Crippen MR) is 195 cm³/mol. The second-order valence-corrected chi connectivity index (χ2v) is 14.0. The van der Waals surface area contributed by atoms with Crippen molar-refractivity contribution in [1.82, 2.24) is 19.1 Å². The van der Waals surface area contributed by atoms with Gasteiger partial charge in [0.1, 0.15) is 34.6 Å². The largest absolute Gasteiger partial charge is 0.716 e. The standard InChI is InChI=1S/C36H34N4O12S2/c1-49-27-15-17-31-29(21-27)35(41)39(33(37-31)23-7-11-25(12-8-23)51-53(43,44)45)19-5-3-4-6-20-40-34(24-9-13-26(14-10-24)52-54(46,47)48)38-32-18-16-28(50-2)22-30(32)36(40)42/h7-18,21-22H,3-6,19-20H2,1-2H3,(H,43,44,45)(H,46,47,48)/p-2. The van der Waals surface area contributed by atoms with Crippen LogP contribution in [0.3, 0.4) is 0 Å². The number of ether oxygens (including phenoxy) is 2. The molecule has 0 bridgehead atoms.